The van der Waals surface area contributed by atoms with Crippen LogP contribution < -0.4 is 0 Å². The van der Waals surface area contributed by atoms with E-state index in [-0.39, 0.29) is 0 Å². The van der Waals surface area contributed by atoms with Crippen LogP contribution in [0.1, 0.15) is 22.8 Å². The molecule has 0 amide bonds. The molecule has 54 heavy (non-hydrogen) atoms. The number of fused-ring (bicyclic) bond motifs is 8. The van der Waals surface area contributed by atoms with Gasteiger partial charge in [0, 0.05) is 54.1 Å². The quantitative estimate of drug-likeness (QED) is 0.186. The molecule has 11 rings (SSSR count). The number of H-pyrrole nitrogens is 2. The van der Waals surface area contributed by atoms with Crippen molar-refractivity contribution in [1.29, 1.82) is 0 Å². The molecule has 0 spiro atoms. The van der Waals surface area contributed by atoms with E-state index in [1.807, 2.05) is 71.2 Å². The van der Waals surface area contributed by atoms with Gasteiger partial charge in [-0.2, -0.15) is 45.3 Å². The van der Waals surface area contributed by atoms with E-state index in [2.05, 4.69) is 134 Å². The Labute approximate surface area is 336 Å². The van der Waals surface area contributed by atoms with E-state index < -0.39 is 0 Å². The van der Waals surface area contributed by atoms with Crippen LogP contribution in [0.25, 0.3) is 89.5 Å². The minimum Gasteiger partial charge on any atom is -0.355 e. The second kappa shape index (κ2) is 16.0. The molecule has 0 saturated heterocycles. The van der Waals surface area contributed by atoms with E-state index in [4.69, 9.17) is 0 Å². The van der Waals surface area contributed by atoms with E-state index in [0.29, 0.717) is 0 Å². The highest BCUT2D eigenvalue weighted by Gasteiger charge is 2.10. The number of hydrogen-bond acceptors (Lipinski definition) is 8. The smallest absolute Gasteiger partial charge is 0.0658 e. The Bertz CT molecular complexity index is 2450. The van der Waals surface area contributed by atoms with E-state index in [0.717, 1.165) is 44.8 Å². The first-order chi connectivity index (χ1) is 26.7. The molecule has 2 N–H and O–H groups in total. The van der Waals surface area contributed by atoms with Crippen LogP contribution in [-0.4, -0.2) is 19.9 Å². The fraction of sp³-hybridized carbons (Fsp3) is 0. The van der Waals surface area contributed by atoms with Crippen LogP contribution in [0, 0.1) is 0 Å². The maximum Gasteiger partial charge on any atom is 0.0658 e. The van der Waals surface area contributed by atoms with Crippen molar-refractivity contribution in [1.82, 2.24) is 19.9 Å². The molecule has 8 bridgehead atoms. The van der Waals surface area contributed by atoms with Gasteiger partial charge < -0.3 is 9.97 Å². The van der Waals surface area contributed by atoms with Gasteiger partial charge in [0.1, 0.15) is 0 Å². The van der Waals surface area contributed by atoms with Gasteiger partial charge in [-0.1, -0.05) is 0 Å². The summed E-state index contributed by atoms with van der Waals surface area (Å²) in [5.74, 6) is 0. The summed E-state index contributed by atoms with van der Waals surface area (Å²) in [7, 11) is 0. The first kappa shape index (κ1) is 34.6. The molecule has 0 unspecified atom stereocenters. The molecule has 0 aliphatic carbocycles. The van der Waals surface area contributed by atoms with E-state index in [1.165, 1.54) is 43.1 Å². The molecule has 2 aliphatic heterocycles. The summed E-state index contributed by atoms with van der Waals surface area (Å²) >= 11 is 10.6. The van der Waals surface area contributed by atoms with E-state index >= 15 is 0 Å². The number of aromatic nitrogens is 4. The average Bonchev–Trinajstić information content (AvgIpc) is 4.04. The predicted octanol–water partition coefficient (Wildman–Crippen LogP) is 15.1. The molecule has 10 heteroatoms. The highest BCUT2D eigenvalue weighted by Crippen LogP contribution is 2.39. The summed E-state index contributed by atoms with van der Waals surface area (Å²) in [6.07, 6.45) is 8.09. The summed E-state index contributed by atoms with van der Waals surface area (Å²) in [6, 6.07) is 29.5. The lowest BCUT2D eigenvalue weighted by molar-refractivity contribution is 1.31. The normalized spacial score (nSPS) is 11.6. The molecule has 9 aromatic heterocycles. The highest BCUT2D eigenvalue weighted by molar-refractivity contribution is 7.15. The molecule has 2 aliphatic rings. The molecule has 9 aromatic rings. The Morgan fingerprint density at radius 3 is 1.00 bits per heavy atom. The van der Waals surface area contributed by atoms with Crippen molar-refractivity contribution in [3.63, 3.8) is 0 Å². The number of rotatable bonds is 4. The minimum absolute atomic E-state index is 0.939. The average molecular weight is 807 g/mol. The second-order valence-corrected chi connectivity index (χ2v) is 17.2. The Morgan fingerprint density at radius 2 is 0.685 bits per heavy atom. The summed E-state index contributed by atoms with van der Waals surface area (Å²) in [4.78, 5) is 18.8. The molecule has 11 heterocycles. The Balaban J connectivity index is 0.000000112. The van der Waals surface area contributed by atoms with Crippen LogP contribution in [-0.2, 0) is 0 Å². The third kappa shape index (κ3) is 8.00. The van der Waals surface area contributed by atoms with Crippen LogP contribution in [0.4, 0.5) is 0 Å². The molecule has 0 atom stereocenters. The zero-order valence-electron chi connectivity index (χ0n) is 28.5. The predicted molar refractivity (Wildman–Crippen MR) is 241 cm³/mol. The van der Waals surface area contributed by atoms with Gasteiger partial charge in [-0.25, -0.2) is 9.97 Å². The van der Waals surface area contributed by atoms with Crippen LogP contribution in [0.15, 0.2) is 139 Å². The number of thiophene rings is 6. The zero-order chi connectivity index (χ0) is 36.1. The third-order valence-electron chi connectivity index (χ3n) is 8.60. The summed E-state index contributed by atoms with van der Waals surface area (Å²) < 4.78 is 0. The number of nitrogens with one attached hydrogen (secondary N) is 2. The monoisotopic (exact) mass is 806 g/mol. The number of aromatic amines is 2. The minimum atomic E-state index is 0.939. The van der Waals surface area contributed by atoms with E-state index in [9.17, 15) is 0 Å². The fourth-order valence-corrected chi connectivity index (χ4v) is 10.7. The SMILES string of the molecule is C1=Cc2cc3ccc(cc4nc(cc5ccc(cc1n2)[nH]5)C=C4)[nH]3.c1cc(-c2ccsc2-c2ccsc2)cs1.c1cc(-c2ccsc2-c2ccsc2)cs1. The van der Waals surface area contributed by atoms with Gasteiger partial charge >= 0.3 is 0 Å². The standard InChI is InChI=1S/C20H14N4.2C12H8S3/c1-2-14-10-16-5-6-18(23-16)12-20-8-7-19(24-20)11-17-4-3-15(22-17)9-13(1)21-14;2*1-4-13-7-9(1)11-3-6-15-12(11)10-2-5-14-8-10/h1-12,21,24H;2*1-8H. The van der Waals surface area contributed by atoms with Crippen molar-refractivity contribution in [2.45, 2.75) is 0 Å². The molecular formula is C44H30N4S6. The molecule has 4 nitrogen and oxygen atoms in total. The lowest BCUT2D eigenvalue weighted by Gasteiger charge is -1.98. The van der Waals surface area contributed by atoms with Crippen LogP contribution >= 0.6 is 68.0 Å². The second-order valence-electron chi connectivity index (χ2n) is 12.3. The van der Waals surface area contributed by atoms with Crippen LogP contribution in [0.3, 0.4) is 0 Å². The van der Waals surface area contributed by atoms with Crippen LogP contribution in [0.5, 0.6) is 0 Å². The molecule has 0 aromatic carbocycles. The van der Waals surface area contributed by atoms with Gasteiger partial charge in [0.05, 0.1) is 22.8 Å². The van der Waals surface area contributed by atoms with Gasteiger partial charge in [0.2, 0.25) is 0 Å². The van der Waals surface area contributed by atoms with Gasteiger partial charge in [0.25, 0.3) is 0 Å². The van der Waals surface area contributed by atoms with Crippen LogP contribution in [0.2, 0.25) is 0 Å². The molecule has 0 fully saturated rings. The molecule has 262 valence electrons. The van der Waals surface area contributed by atoms with Crippen molar-refractivity contribution in [3.05, 3.63) is 162 Å². The molecule has 0 radical (unpaired) electrons. The Morgan fingerprint density at radius 1 is 0.352 bits per heavy atom. The summed E-state index contributed by atoms with van der Waals surface area (Å²) in [5, 5.41) is 21.7. The molecule has 0 saturated carbocycles. The van der Waals surface area contributed by atoms with Crippen molar-refractivity contribution < 1.29 is 0 Å². The van der Waals surface area contributed by atoms with Gasteiger partial charge in [-0.3, -0.25) is 0 Å². The van der Waals surface area contributed by atoms with Gasteiger partial charge in [-0.15, -0.1) is 22.7 Å². The first-order valence-electron chi connectivity index (χ1n) is 17.0. The van der Waals surface area contributed by atoms with Gasteiger partial charge in [-0.05, 0) is 174 Å². The lowest BCUT2D eigenvalue weighted by Crippen LogP contribution is -1.75. The van der Waals surface area contributed by atoms with Crippen molar-refractivity contribution in [3.8, 4) is 43.1 Å². The van der Waals surface area contributed by atoms with Crippen molar-refractivity contribution in [2.24, 2.45) is 0 Å². The zero-order valence-corrected chi connectivity index (χ0v) is 33.4. The van der Waals surface area contributed by atoms with E-state index in [1.54, 1.807) is 45.3 Å². The van der Waals surface area contributed by atoms with Crippen molar-refractivity contribution >= 4 is 114 Å². The maximum atomic E-state index is 4.63. The Hall–Kier alpha value is -5.20. The Kier molecular flexibility index (Phi) is 10.3. The highest BCUT2D eigenvalue weighted by atomic mass is 32.1. The molecular weight excluding hydrogens is 777 g/mol. The summed E-state index contributed by atoms with van der Waals surface area (Å²) in [5.41, 5.74) is 15.9. The summed E-state index contributed by atoms with van der Waals surface area (Å²) in [6.45, 7) is 0. The van der Waals surface area contributed by atoms with Crippen molar-refractivity contribution in [2.75, 3.05) is 0 Å². The topological polar surface area (TPSA) is 57.4 Å². The van der Waals surface area contributed by atoms with Gasteiger partial charge in [0.15, 0.2) is 0 Å². The fourth-order valence-electron chi connectivity index (χ4n) is 6.09. The third-order valence-corrected chi connectivity index (χ3v) is 13.3. The first-order valence-corrected chi connectivity index (χ1v) is 22.5. The largest absolute Gasteiger partial charge is 0.355 e. The maximum absolute atomic E-state index is 4.63. The number of hydrogen-bond donors (Lipinski definition) is 2. The lowest BCUT2D eigenvalue weighted by atomic mass is 10.1. The number of nitrogens with zero attached hydrogens (tertiary/aromatic N) is 2.